The maximum Gasteiger partial charge on any atom is 0.253 e. The van der Waals surface area contributed by atoms with Gasteiger partial charge in [-0.25, -0.2) is 4.98 Å². The van der Waals surface area contributed by atoms with Gasteiger partial charge >= 0.3 is 0 Å². The van der Waals surface area contributed by atoms with Crippen molar-refractivity contribution in [2.45, 2.75) is 19.4 Å². The molecule has 1 heterocycles. The lowest BCUT2D eigenvalue weighted by Crippen LogP contribution is -2.28. The van der Waals surface area contributed by atoms with Crippen LogP contribution in [0.25, 0.3) is 0 Å². The highest BCUT2D eigenvalue weighted by Gasteiger charge is 2.17. The Bertz CT molecular complexity index is 647. The van der Waals surface area contributed by atoms with Gasteiger partial charge in [-0.2, -0.15) is 0 Å². The van der Waals surface area contributed by atoms with Gasteiger partial charge in [-0.15, -0.1) is 0 Å². The van der Waals surface area contributed by atoms with Gasteiger partial charge in [0.15, 0.2) is 0 Å². The lowest BCUT2D eigenvalue weighted by atomic mass is 10.0. The van der Waals surface area contributed by atoms with Crippen LogP contribution in [0, 0.1) is 0 Å². The molecule has 110 valence electrons. The minimum absolute atomic E-state index is 0.0893. The predicted molar refractivity (Wildman–Crippen MR) is 88.9 cm³/mol. The van der Waals surface area contributed by atoms with Gasteiger partial charge in [0, 0.05) is 10.7 Å². The monoisotopic (exact) mass is 386 g/mol. The molecule has 3 nitrogen and oxygen atoms in total. The average molecular weight is 388 g/mol. The van der Waals surface area contributed by atoms with Crippen molar-refractivity contribution in [3.05, 3.63) is 62.3 Å². The molecule has 0 saturated heterocycles. The van der Waals surface area contributed by atoms with Crippen molar-refractivity contribution in [1.29, 1.82) is 0 Å². The van der Waals surface area contributed by atoms with Gasteiger partial charge in [-0.05, 0) is 30.2 Å². The summed E-state index contributed by atoms with van der Waals surface area (Å²) in [5.74, 6) is -0.265. The molecule has 0 radical (unpaired) electrons. The smallest absolute Gasteiger partial charge is 0.253 e. The molecule has 0 aliphatic rings. The molecule has 0 bridgehead atoms. The molecule has 2 rings (SSSR count). The predicted octanol–water partition coefficient (Wildman–Crippen LogP) is 5.03. The van der Waals surface area contributed by atoms with Crippen molar-refractivity contribution in [2.75, 3.05) is 0 Å². The number of hydrogen-bond acceptors (Lipinski definition) is 2. The number of halogens is 3. The summed E-state index contributed by atoms with van der Waals surface area (Å²) in [6.45, 7) is 2.01. The van der Waals surface area contributed by atoms with E-state index in [1.165, 1.54) is 12.3 Å². The Morgan fingerprint density at radius 1 is 1.33 bits per heavy atom. The van der Waals surface area contributed by atoms with Crippen LogP contribution in [-0.4, -0.2) is 10.9 Å². The summed E-state index contributed by atoms with van der Waals surface area (Å²) in [4.78, 5) is 16.2. The normalized spacial score (nSPS) is 12.0. The fourth-order valence-corrected chi connectivity index (χ4v) is 2.55. The molecule has 1 N–H and O–H groups in total. The zero-order valence-corrected chi connectivity index (χ0v) is 14.3. The van der Waals surface area contributed by atoms with Crippen molar-refractivity contribution in [2.24, 2.45) is 0 Å². The lowest BCUT2D eigenvalue weighted by molar-refractivity contribution is 0.0935. The highest BCUT2D eigenvalue weighted by Crippen LogP contribution is 2.22. The van der Waals surface area contributed by atoms with Crippen LogP contribution in [0.5, 0.6) is 0 Å². The fraction of sp³-hybridized carbons (Fsp3) is 0.200. The summed E-state index contributed by atoms with van der Waals surface area (Å²) in [5.41, 5.74) is 1.36. The Balaban J connectivity index is 2.20. The fourth-order valence-electron chi connectivity index (χ4n) is 1.94. The highest BCUT2D eigenvalue weighted by atomic mass is 79.9. The molecular weight excluding hydrogens is 375 g/mol. The average Bonchev–Trinajstić information content (AvgIpc) is 2.48. The molecule has 0 spiro atoms. The van der Waals surface area contributed by atoms with E-state index in [9.17, 15) is 4.79 Å². The number of nitrogens with one attached hydrogen (secondary N) is 1. The molecule has 1 atom stereocenters. The zero-order chi connectivity index (χ0) is 15.4. The number of amides is 1. The molecule has 0 saturated carbocycles. The largest absolute Gasteiger partial charge is 0.345 e. The second-order valence-corrected chi connectivity index (χ2v) is 6.18. The minimum Gasteiger partial charge on any atom is -0.345 e. The first kappa shape index (κ1) is 16.3. The van der Waals surface area contributed by atoms with E-state index >= 15 is 0 Å². The van der Waals surface area contributed by atoms with Gasteiger partial charge in [-0.3, -0.25) is 4.79 Å². The molecular formula is C15H13BrCl2N2O. The van der Waals surface area contributed by atoms with E-state index in [2.05, 4.69) is 26.2 Å². The lowest BCUT2D eigenvalue weighted by Gasteiger charge is -2.18. The van der Waals surface area contributed by atoms with Gasteiger partial charge in [0.2, 0.25) is 0 Å². The van der Waals surface area contributed by atoms with Crippen LogP contribution < -0.4 is 5.32 Å². The van der Waals surface area contributed by atoms with Crippen LogP contribution in [0.2, 0.25) is 10.2 Å². The van der Waals surface area contributed by atoms with Crippen molar-refractivity contribution < 1.29 is 4.79 Å². The first-order valence-electron chi connectivity index (χ1n) is 6.38. The second kappa shape index (κ2) is 7.25. The maximum absolute atomic E-state index is 12.3. The van der Waals surface area contributed by atoms with Crippen LogP contribution in [0.1, 0.15) is 35.3 Å². The van der Waals surface area contributed by atoms with Crippen molar-refractivity contribution in [3.8, 4) is 0 Å². The van der Waals surface area contributed by atoms with E-state index in [0.717, 1.165) is 16.5 Å². The van der Waals surface area contributed by atoms with Crippen LogP contribution in [0.3, 0.4) is 0 Å². The van der Waals surface area contributed by atoms with Crippen molar-refractivity contribution in [3.63, 3.8) is 0 Å². The van der Waals surface area contributed by atoms with E-state index in [1.54, 1.807) is 0 Å². The third-order valence-corrected chi connectivity index (χ3v) is 4.09. The molecule has 1 amide bonds. The summed E-state index contributed by atoms with van der Waals surface area (Å²) in [6, 6.07) is 9.21. The van der Waals surface area contributed by atoms with Crippen LogP contribution in [0.15, 0.2) is 41.0 Å². The van der Waals surface area contributed by atoms with Gasteiger partial charge in [0.25, 0.3) is 5.91 Å². The van der Waals surface area contributed by atoms with E-state index in [-0.39, 0.29) is 22.1 Å². The zero-order valence-electron chi connectivity index (χ0n) is 11.2. The van der Waals surface area contributed by atoms with Crippen LogP contribution in [0.4, 0.5) is 0 Å². The van der Waals surface area contributed by atoms with Gasteiger partial charge < -0.3 is 5.32 Å². The van der Waals surface area contributed by atoms with Gasteiger partial charge in [0.05, 0.1) is 16.6 Å². The number of hydrogen-bond donors (Lipinski definition) is 1. The van der Waals surface area contributed by atoms with E-state index in [0.29, 0.717) is 5.56 Å². The number of nitrogens with zero attached hydrogens (tertiary/aromatic N) is 1. The number of aromatic nitrogens is 1. The number of rotatable bonds is 4. The number of benzene rings is 1. The molecule has 0 fully saturated rings. The van der Waals surface area contributed by atoms with Crippen molar-refractivity contribution in [1.82, 2.24) is 10.3 Å². The highest BCUT2D eigenvalue weighted by molar-refractivity contribution is 9.10. The molecule has 0 aliphatic carbocycles. The first-order chi connectivity index (χ1) is 10.0. The summed E-state index contributed by atoms with van der Waals surface area (Å²) >= 11 is 15.2. The molecule has 1 unspecified atom stereocenters. The Morgan fingerprint density at radius 2 is 2.00 bits per heavy atom. The Hall–Kier alpha value is -1.10. The van der Waals surface area contributed by atoms with E-state index in [4.69, 9.17) is 23.2 Å². The van der Waals surface area contributed by atoms with Crippen LogP contribution in [-0.2, 0) is 0 Å². The Kier molecular flexibility index (Phi) is 5.62. The Labute approximate surface area is 141 Å². The van der Waals surface area contributed by atoms with Crippen LogP contribution >= 0.6 is 39.1 Å². The number of carbonyl (C=O) groups is 1. The summed E-state index contributed by atoms with van der Waals surface area (Å²) in [6.07, 6.45) is 2.14. The third kappa shape index (κ3) is 4.19. The van der Waals surface area contributed by atoms with E-state index in [1.807, 2.05) is 31.2 Å². The van der Waals surface area contributed by atoms with E-state index < -0.39 is 0 Å². The molecule has 2 aromatic rings. The number of pyridine rings is 1. The maximum atomic E-state index is 12.3. The topological polar surface area (TPSA) is 42.0 Å². The third-order valence-electron chi connectivity index (χ3n) is 3.05. The summed E-state index contributed by atoms with van der Waals surface area (Å²) in [7, 11) is 0. The van der Waals surface area contributed by atoms with Crippen molar-refractivity contribution >= 4 is 45.0 Å². The molecule has 0 aliphatic heterocycles. The Morgan fingerprint density at radius 3 is 2.62 bits per heavy atom. The summed E-state index contributed by atoms with van der Waals surface area (Å²) in [5, 5.41) is 3.48. The standard InChI is InChI=1S/C15H13BrCl2N2O/c1-2-13(9-3-5-10(16)6-4-9)20-15(21)11-7-14(18)19-8-12(11)17/h3-8,13H,2H2,1H3,(H,20,21). The second-order valence-electron chi connectivity index (χ2n) is 4.47. The number of carbonyl (C=O) groups excluding carboxylic acids is 1. The quantitative estimate of drug-likeness (QED) is 0.747. The first-order valence-corrected chi connectivity index (χ1v) is 7.93. The van der Waals surface area contributed by atoms with Gasteiger partial charge in [0.1, 0.15) is 5.15 Å². The van der Waals surface area contributed by atoms with Gasteiger partial charge in [-0.1, -0.05) is 58.2 Å². The minimum atomic E-state index is -0.265. The summed E-state index contributed by atoms with van der Waals surface area (Å²) < 4.78 is 0.997. The molecule has 21 heavy (non-hydrogen) atoms. The molecule has 6 heteroatoms. The SMILES string of the molecule is CCC(NC(=O)c1cc(Cl)ncc1Cl)c1ccc(Br)cc1. The molecule has 1 aromatic carbocycles. The molecule has 1 aromatic heterocycles.